The highest BCUT2D eigenvalue weighted by Gasteiger charge is 2.32. The maximum absolute atomic E-state index is 13.0. The van der Waals surface area contributed by atoms with E-state index in [1.54, 1.807) is 36.4 Å². The van der Waals surface area contributed by atoms with E-state index in [0.717, 1.165) is 23.9 Å². The summed E-state index contributed by atoms with van der Waals surface area (Å²) in [4.78, 5) is 25.0. The van der Waals surface area contributed by atoms with Crippen molar-refractivity contribution in [1.82, 2.24) is 4.90 Å². The van der Waals surface area contributed by atoms with Gasteiger partial charge in [0.1, 0.15) is 4.32 Å². The van der Waals surface area contributed by atoms with Gasteiger partial charge in [0, 0.05) is 13.0 Å². The minimum Gasteiger partial charge on any atom is -0.481 e. The predicted octanol–water partition coefficient (Wildman–Crippen LogP) is 5.44. The lowest BCUT2D eigenvalue weighted by atomic mass is 10.0. The fraction of sp³-hybridized carbons (Fsp3) is 0.190. The lowest BCUT2D eigenvalue weighted by Crippen LogP contribution is -2.29. The molecular formula is C21H16F3NO3S2. The Bertz CT molecular complexity index is 1030. The highest BCUT2D eigenvalue weighted by atomic mass is 32.2. The first-order chi connectivity index (χ1) is 14.1. The second kappa shape index (κ2) is 9.01. The van der Waals surface area contributed by atoms with Gasteiger partial charge in [0.2, 0.25) is 0 Å². The van der Waals surface area contributed by atoms with Crippen LogP contribution in [0.3, 0.4) is 0 Å². The van der Waals surface area contributed by atoms with Crippen molar-refractivity contribution in [2.24, 2.45) is 0 Å². The van der Waals surface area contributed by atoms with E-state index in [0.29, 0.717) is 32.3 Å². The number of thiocarbonyl (C=S) groups is 1. The quantitative estimate of drug-likeness (QED) is 0.468. The number of aliphatic carboxylic acids is 1. The minimum atomic E-state index is -4.43. The third-order valence-electron chi connectivity index (χ3n) is 4.35. The van der Waals surface area contributed by atoms with Gasteiger partial charge in [0.15, 0.2) is 0 Å². The second-order valence-electron chi connectivity index (χ2n) is 6.53. The summed E-state index contributed by atoms with van der Waals surface area (Å²) in [7, 11) is 0. The zero-order valence-corrected chi connectivity index (χ0v) is 17.1. The molecule has 0 aromatic heterocycles. The normalized spacial score (nSPS) is 15.8. The van der Waals surface area contributed by atoms with Gasteiger partial charge in [-0.05, 0) is 47.4 Å². The van der Waals surface area contributed by atoms with Gasteiger partial charge in [-0.15, -0.1) is 0 Å². The maximum Gasteiger partial charge on any atom is 0.416 e. The van der Waals surface area contributed by atoms with E-state index in [1.165, 1.54) is 11.0 Å². The number of hydrogen-bond donors (Lipinski definition) is 1. The molecule has 2 aromatic carbocycles. The first-order valence-electron chi connectivity index (χ1n) is 8.90. The van der Waals surface area contributed by atoms with E-state index in [4.69, 9.17) is 17.3 Å². The van der Waals surface area contributed by atoms with E-state index in [1.807, 2.05) is 0 Å². The Kier molecular flexibility index (Phi) is 6.62. The van der Waals surface area contributed by atoms with Crippen molar-refractivity contribution in [3.05, 3.63) is 64.6 Å². The van der Waals surface area contributed by atoms with Crippen LogP contribution >= 0.6 is 24.0 Å². The number of nitrogens with zero attached hydrogens (tertiary/aromatic N) is 1. The molecule has 156 valence electrons. The first kappa shape index (κ1) is 22.0. The lowest BCUT2D eigenvalue weighted by molar-refractivity contribution is -0.138. The molecule has 0 saturated carbocycles. The van der Waals surface area contributed by atoms with E-state index >= 15 is 0 Å². The summed E-state index contributed by atoms with van der Waals surface area (Å²) in [6.07, 6.45) is -2.56. The Hall–Kier alpha value is -2.65. The van der Waals surface area contributed by atoms with E-state index in [9.17, 15) is 22.8 Å². The molecule has 1 aliphatic rings. The Balaban J connectivity index is 1.81. The van der Waals surface area contributed by atoms with Crippen LogP contribution < -0.4 is 0 Å². The number of amides is 1. The van der Waals surface area contributed by atoms with Crippen molar-refractivity contribution in [3.63, 3.8) is 0 Å². The van der Waals surface area contributed by atoms with Crippen molar-refractivity contribution in [2.45, 2.75) is 19.0 Å². The second-order valence-corrected chi connectivity index (χ2v) is 8.21. The summed E-state index contributed by atoms with van der Waals surface area (Å²) in [5.74, 6) is -1.25. The van der Waals surface area contributed by atoms with Gasteiger partial charge in [0.25, 0.3) is 5.91 Å². The molecular weight excluding hydrogens is 435 g/mol. The summed E-state index contributed by atoms with van der Waals surface area (Å²) in [5.41, 5.74) is 0.927. The molecule has 0 radical (unpaired) electrons. The Morgan fingerprint density at radius 2 is 1.80 bits per heavy atom. The number of hydrogen-bond acceptors (Lipinski definition) is 4. The lowest BCUT2D eigenvalue weighted by Gasteiger charge is -2.13. The molecule has 0 atom stereocenters. The standard InChI is InChI=1S/C21H16F3NO3S2/c22-21(23,24)16-7-2-6-15(12-16)14-5-1-4-13(10-14)11-17-19(28)25(20(29)30-17)9-3-8-18(26)27/h1-2,4-7,10-12H,3,8-9H2,(H,26,27)/b17-11-. The molecule has 2 aromatic rings. The number of halogens is 3. The van der Waals surface area contributed by atoms with Crippen LogP contribution in [0.1, 0.15) is 24.0 Å². The van der Waals surface area contributed by atoms with E-state index < -0.39 is 17.7 Å². The van der Waals surface area contributed by atoms with Crippen LogP contribution in [-0.2, 0) is 15.8 Å². The molecule has 0 unspecified atom stereocenters. The van der Waals surface area contributed by atoms with Crippen LogP contribution in [0.2, 0.25) is 0 Å². The van der Waals surface area contributed by atoms with Crippen LogP contribution in [0, 0.1) is 0 Å². The molecule has 4 nitrogen and oxygen atoms in total. The third-order valence-corrected chi connectivity index (χ3v) is 5.73. The van der Waals surface area contributed by atoms with Crippen LogP contribution in [-0.4, -0.2) is 32.7 Å². The first-order valence-corrected chi connectivity index (χ1v) is 10.1. The minimum absolute atomic E-state index is 0.0604. The Morgan fingerprint density at radius 1 is 1.13 bits per heavy atom. The van der Waals surface area contributed by atoms with Gasteiger partial charge >= 0.3 is 12.1 Å². The average Bonchev–Trinajstić information content (AvgIpc) is 2.95. The van der Waals surface area contributed by atoms with Gasteiger partial charge in [-0.25, -0.2) is 0 Å². The number of carbonyl (C=O) groups excluding carboxylic acids is 1. The van der Waals surface area contributed by atoms with Crippen molar-refractivity contribution in [1.29, 1.82) is 0 Å². The molecule has 1 N–H and O–H groups in total. The highest BCUT2D eigenvalue weighted by molar-refractivity contribution is 8.26. The number of carboxylic acids is 1. The zero-order valence-electron chi connectivity index (χ0n) is 15.5. The predicted molar refractivity (Wildman–Crippen MR) is 114 cm³/mol. The molecule has 0 aliphatic carbocycles. The fourth-order valence-corrected chi connectivity index (χ4v) is 4.22. The molecule has 0 spiro atoms. The number of alkyl halides is 3. The van der Waals surface area contributed by atoms with Crippen molar-refractivity contribution >= 4 is 46.3 Å². The monoisotopic (exact) mass is 451 g/mol. The Labute approximate surface area is 180 Å². The largest absolute Gasteiger partial charge is 0.481 e. The molecule has 9 heteroatoms. The number of carboxylic acid groups (broad SMARTS) is 1. The van der Waals surface area contributed by atoms with Gasteiger partial charge < -0.3 is 5.11 Å². The van der Waals surface area contributed by atoms with Gasteiger partial charge in [-0.1, -0.05) is 54.3 Å². The molecule has 1 fully saturated rings. The molecule has 3 rings (SSSR count). The van der Waals surface area contributed by atoms with Crippen molar-refractivity contribution < 1.29 is 27.9 Å². The van der Waals surface area contributed by atoms with Crippen LogP contribution in [0.15, 0.2) is 53.4 Å². The number of rotatable bonds is 6. The molecule has 1 aliphatic heterocycles. The molecule has 0 bridgehead atoms. The summed E-state index contributed by atoms with van der Waals surface area (Å²) in [5, 5.41) is 8.73. The van der Waals surface area contributed by atoms with Crippen LogP contribution in [0.4, 0.5) is 13.2 Å². The zero-order chi connectivity index (χ0) is 21.9. The third kappa shape index (κ3) is 5.28. The summed E-state index contributed by atoms with van der Waals surface area (Å²) < 4.78 is 39.3. The fourth-order valence-electron chi connectivity index (χ4n) is 2.92. The molecule has 1 heterocycles. The molecule has 1 saturated heterocycles. The van der Waals surface area contributed by atoms with E-state index in [-0.39, 0.29) is 18.9 Å². The number of benzene rings is 2. The maximum atomic E-state index is 13.0. The number of carbonyl (C=O) groups is 2. The average molecular weight is 451 g/mol. The SMILES string of the molecule is O=C(O)CCCN1C(=O)/C(=C/c2cccc(-c3cccc(C(F)(F)F)c3)c2)SC1=S. The Morgan fingerprint density at radius 3 is 2.47 bits per heavy atom. The van der Waals surface area contributed by atoms with Gasteiger partial charge in [-0.2, -0.15) is 13.2 Å². The summed E-state index contributed by atoms with van der Waals surface area (Å²) >= 11 is 6.33. The van der Waals surface area contributed by atoms with Crippen molar-refractivity contribution in [3.8, 4) is 11.1 Å². The van der Waals surface area contributed by atoms with Gasteiger partial charge in [-0.3, -0.25) is 14.5 Å². The van der Waals surface area contributed by atoms with Crippen molar-refractivity contribution in [2.75, 3.05) is 6.54 Å². The van der Waals surface area contributed by atoms with Gasteiger partial charge in [0.05, 0.1) is 10.5 Å². The summed E-state index contributed by atoms with van der Waals surface area (Å²) in [6.45, 7) is 0.221. The van der Waals surface area contributed by atoms with E-state index in [2.05, 4.69) is 0 Å². The summed E-state index contributed by atoms with van der Waals surface area (Å²) in [6, 6.07) is 11.9. The highest BCUT2D eigenvalue weighted by Crippen LogP contribution is 2.34. The smallest absolute Gasteiger partial charge is 0.416 e. The van der Waals surface area contributed by atoms with Crippen LogP contribution in [0.5, 0.6) is 0 Å². The van der Waals surface area contributed by atoms with Crippen LogP contribution in [0.25, 0.3) is 17.2 Å². The number of thioether (sulfide) groups is 1. The topological polar surface area (TPSA) is 57.6 Å². The molecule has 30 heavy (non-hydrogen) atoms. The molecule has 1 amide bonds.